The van der Waals surface area contributed by atoms with Gasteiger partial charge in [0.15, 0.2) is 5.90 Å². The number of hydrogen-bond acceptors (Lipinski definition) is 3. The van der Waals surface area contributed by atoms with Crippen molar-refractivity contribution < 1.29 is 4.74 Å². The largest absolute Gasteiger partial charge is 0.475 e. The number of rotatable bonds is 3. The first-order chi connectivity index (χ1) is 9.26. The van der Waals surface area contributed by atoms with E-state index >= 15 is 0 Å². The lowest BCUT2D eigenvalue weighted by molar-refractivity contribution is 0.127. The van der Waals surface area contributed by atoms with E-state index in [9.17, 15) is 0 Å². The quantitative estimate of drug-likeness (QED) is 0.905. The van der Waals surface area contributed by atoms with Gasteiger partial charge in [-0.05, 0) is 49.8 Å². The Hall–Kier alpha value is -1.35. The second kappa shape index (κ2) is 5.33. The Bertz CT molecular complexity index is 483. The van der Waals surface area contributed by atoms with Crippen LogP contribution in [0.1, 0.15) is 30.4 Å². The molecule has 1 fully saturated rings. The molecule has 2 N–H and O–H groups in total. The Labute approximate surface area is 114 Å². The van der Waals surface area contributed by atoms with Crippen molar-refractivity contribution in [1.82, 2.24) is 0 Å². The summed E-state index contributed by atoms with van der Waals surface area (Å²) in [4.78, 5) is 4.78. The molecule has 0 spiro atoms. The van der Waals surface area contributed by atoms with Crippen molar-refractivity contribution >= 4 is 5.90 Å². The molecule has 1 saturated carbocycles. The summed E-state index contributed by atoms with van der Waals surface area (Å²) in [7, 11) is 0. The summed E-state index contributed by atoms with van der Waals surface area (Å²) in [5.74, 6) is 1.55. The van der Waals surface area contributed by atoms with E-state index in [1.807, 2.05) is 0 Å². The highest BCUT2D eigenvalue weighted by Crippen LogP contribution is 2.32. The molecule has 102 valence electrons. The van der Waals surface area contributed by atoms with E-state index in [1.54, 1.807) is 0 Å². The third kappa shape index (κ3) is 2.66. The third-order valence-electron chi connectivity index (χ3n) is 4.40. The molecule has 3 rings (SSSR count). The first kappa shape index (κ1) is 12.7. The number of hydrogen-bond donors (Lipinski definition) is 1. The summed E-state index contributed by atoms with van der Waals surface area (Å²) in [6.45, 7) is 2.92. The third-order valence-corrected chi connectivity index (χ3v) is 4.40. The first-order valence-corrected chi connectivity index (χ1v) is 7.24. The van der Waals surface area contributed by atoms with Gasteiger partial charge < -0.3 is 10.5 Å². The number of ether oxygens (including phenoxy) is 1. The van der Waals surface area contributed by atoms with Crippen LogP contribution in [0.5, 0.6) is 0 Å². The van der Waals surface area contributed by atoms with Crippen molar-refractivity contribution in [2.45, 2.75) is 44.8 Å². The van der Waals surface area contributed by atoms with Crippen LogP contribution in [0.3, 0.4) is 0 Å². The molecule has 1 aromatic rings. The molecule has 3 atom stereocenters. The van der Waals surface area contributed by atoms with Crippen LogP contribution in [-0.2, 0) is 11.2 Å². The molecule has 3 heteroatoms. The fraction of sp³-hybridized carbons (Fsp3) is 0.562. The van der Waals surface area contributed by atoms with Crippen molar-refractivity contribution in [2.75, 3.05) is 6.54 Å². The maximum absolute atomic E-state index is 6.03. The number of aryl methyl sites for hydroxylation is 1. The molecule has 1 heterocycles. The van der Waals surface area contributed by atoms with Gasteiger partial charge in [-0.25, -0.2) is 4.99 Å². The fourth-order valence-corrected chi connectivity index (χ4v) is 3.14. The molecule has 1 aliphatic heterocycles. The molecule has 0 radical (unpaired) electrons. The Morgan fingerprint density at radius 2 is 2.16 bits per heavy atom. The van der Waals surface area contributed by atoms with Gasteiger partial charge in [0.25, 0.3) is 0 Å². The fourth-order valence-electron chi connectivity index (χ4n) is 3.14. The molecule has 2 aliphatic rings. The van der Waals surface area contributed by atoms with E-state index in [0.717, 1.165) is 31.7 Å². The summed E-state index contributed by atoms with van der Waals surface area (Å²) < 4.78 is 6.03. The summed E-state index contributed by atoms with van der Waals surface area (Å²) in [5, 5.41) is 0. The van der Waals surface area contributed by atoms with Crippen LogP contribution >= 0.6 is 0 Å². The summed E-state index contributed by atoms with van der Waals surface area (Å²) >= 11 is 0. The Morgan fingerprint density at radius 1 is 1.32 bits per heavy atom. The van der Waals surface area contributed by atoms with Crippen LogP contribution in [0.4, 0.5) is 0 Å². The van der Waals surface area contributed by atoms with Crippen molar-refractivity contribution in [3.05, 3.63) is 35.4 Å². The van der Waals surface area contributed by atoms with Gasteiger partial charge in [-0.15, -0.1) is 0 Å². The predicted molar refractivity (Wildman–Crippen MR) is 77.4 cm³/mol. The molecule has 3 nitrogen and oxygen atoms in total. The molecule has 1 aromatic carbocycles. The van der Waals surface area contributed by atoms with Crippen molar-refractivity contribution in [3.8, 4) is 0 Å². The van der Waals surface area contributed by atoms with Crippen LogP contribution < -0.4 is 5.73 Å². The van der Waals surface area contributed by atoms with E-state index in [1.165, 1.54) is 17.5 Å². The molecular formula is C16H22N2O. The van der Waals surface area contributed by atoms with Gasteiger partial charge in [-0.2, -0.15) is 0 Å². The standard InChI is InChI=1S/C16H22N2O/c1-11-4-2-3-5-13(11)9-16-18-14-8-12(10-17)6-7-15(14)19-16/h2-5,12,14-15H,6-10,17H2,1H3. The SMILES string of the molecule is Cc1ccccc1CC1=NC2CC(CN)CCC2O1. The van der Waals surface area contributed by atoms with Crippen LogP contribution in [0.25, 0.3) is 0 Å². The van der Waals surface area contributed by atoms with Gasteiger partial charge in [-0.1, -0.05) is 24.3 Å². The van der Waals surface area contributed by atoms with Gasteiger partial charge in [-0.3, -0.25) is 0 Å². The second-order valence-electron chi connectivity index (χ2n) is 5.76. The lowest BCUT2D eigenvalue weighted by Gasteiger charge is -2.28. The van der Waals surface area contributed by atoms with Gasteiger partial charge in [0, 0.05) is 6.42 Å². The van der Waals surface area contributed by atoms with Gasteiger partial charge in [0.2, 0.25) is 0 Å². The number of nitrogens with zero attached hydrogens (tertiary/aromatic N) is 1. The summed E-state index contributed by atoms with van der Waals surface area (Å²) in [5.41, 5.74) is 8.40. The van der Waals surface area contributed by atoms with E-state index in [0.29, 0.717) is 18.1 Å². The van der Waals surface area contributed by atoms with Crippen LogP contribution in [0.15, 0.2) is 29.3 Å². The smallest absolute Gasteiger partial charge is 0.188 e. The maximum atomic E-state index is 6.03. The maximum Gasteiger partial charge on any atom is 0.188 e. The van der Waals surface area contributed by atoms with E-state index < -0.39 is 0 Å². The van der Waals surface area contributed by atoms with Crippen LogP contribution in [-0.4, -0.2) is 24.6 Å². The number of benzene rings is 1. The molecule has 0 saturated heterocycles. The first-order valence-electron chi connectivity index (χ1n) is 7.24. The Balaban J connectivity index is 1.69. The molecule has 19 heavy (non-hydrogen) atoms. The number of aliphatic imine (C=N–C) groups is 1. The normalized spacial score (nSPS) is 29.6. The topological polar surface area (TPSA) is 47.6 Å². The summed E-state index contributed by atoms with van der Waals surface area (Å²) in [6.07, 6.45) is 4.52. The zero-order chi connectivity index (χ0) is 13.2. The van der Waals surface area contributed by atoms with Crippen molar-refractivity contribution in [1.29, 1.82) is 0 Å². The van der Waals surface area contributed by atoms with E-state index in [-0.39, 0.29) is 0 Å². The molecule has 0 amide bonds. The molecular weight excluding hydrogens is 236 g/mol. The highest BCUT2D eigenvalue weighted by Gasteiger charge is 2.36. The average Bonchev–Trinajstić information content (AvgIpc) is 2.82. The Morgan fingerprint density at radius 3 is 2.95 bits per heavy atom. The average molecular weight is 258 g/mol. The summed E-state index contributed by atoms with van der Waals surface area (Å²) in [6, 6.07) is 8.80. The van der Waals surface area contributed by atoms with Crippen molar-refractivity contribution in [2.24, 2.45) is 16.6 Å². The van der Waals surface area contributed by atoms with E-state index in [2.05, 4.69) is 31.2 Å². The second-order valence-corrected chi connectivity index (χ2v) is 5.76. The highest BCUT2D eigenvalue weighted by molar-refractivity contribution is 5.81. The zero-order valence-corrected chi connectivity index (χ0v) is 11.5. The van der Waals surface area contributed by atoms with Gasteiger partial charge >= 0.3 is 0 Å². The monoisotopic (exact) mass is 258 g/mol. The highest BCUT2D eigenvalue weighted by atomic mass is 16.5. The minimum Gasteiger partial charge on any atom is -0.475 e. The minimum absolute atomic E-state index is 0.307. The van der Waals surface area contributed by atoms with Crippen molar-refractivity contribution in [3.63, 3.8) is 0 Å². The van der Waals surface area contributed by atoms with Crippen LogP contribution in [0.2, 0.25) is 0 Å². The Kier molecular flexibility index (Phi) is 3.56. The lowest BCUT2D eigenvalue weighted by Crippen LogP contribution is -2.33. The van der Waals surface area contributed by atoms with Gasteiger partial charge in [0.1, 0.15) is 6.10 Å². The van der Waals surface area contributed by atoms with Crippen LogP contribution in [0, 0.1) is 12.8 Å². The predicted octanol–water partition coefficient (Wildman–Crippen LogP) is 2.46. The number of nitrogens with two attached hydrogens (primary N) is 1. The molecule has 0 aromatic heterocycles. The zero-order valence-electron chi connectivity index (χ0n) is 11.5. The molecule has 3 unspecified atom stereocenters. The van der Waals surface area contributed by atoms with E-state index in [4.69, 9.17) is 15.5 Å². The molecule has 1 aliphatic carbocycles. The lowest BCUT2D eigenvalue weighted by atomic mass is 9.84. The van der Waals surface area contributed by atoms with Gasteiger partial charge in [0.05, 0.1) is 6.04 Å². The number of fused-ring (bicyclic) bond motifs is 1. The minimum atomic E-state index is 0.307. The molecule has 0 bridgehead atoms.